The second-order valence-corrected chi connectivity index (χ2v) is 0. The summed E-state index contributed by atoms with van der Waals surface area (Å²) in [5.41, 5.74) is 0. The van der Waals surface area contributed by atoms with Crippen molar-refractivity contribution in [3.05, 3.63) is 0 Å². The molecule has 0 spiro atoms. The number of rotatable bonds is 0. The second-order valence-electron chi connectivity index (χ2n) is 0. The zero-order valence-corrected chi connectivity index (χ0v) is 8.13. The molecule has 0 amide bonds. The smallest absolute Gasteiger partial charge is 1.00 e. The van der Waals surface area contributed by atoms with Gasteiger partial charge in [-0.1, -0.05) is 0 Å². The van der Waals surface area contributed by atoms with Crippen molar-refractivity contribution in [3.63, 3.8) is 0 Å². The van der Waals surface area contributed by atoms with E-state index in [-0.39, 0.29) is 90.2 Å². The predicted molar refractivity (Wildman–Crippen MR) is 11.5 cm³/mol. The van der Waals surface area contributed by atoms with Gasteiger partial charge in [0.25, 0.3) is 0 Å². The van der Waals surface area contributed by atoms with Gasteiger partial charge >= 0.3 is 60.8 Å². The molecule has 0 aromatic carbocycles. The summed E-state index contributed by atoms with van der Waals surface area (Å²) in [6.45, 7) is 0. The molecule has 0 rings (SSSR count). The Morgan fingerprint density at radius 2 is 1.00 bits per heavy atom. The minimum Gasteiger partial charge on any atom is -1.00 e. The Bertz CT molecular complexity index is 8.00. The number of halogens is 2. The van der Waals surface area contributed by atoms with Crippen molar-refractivity contribution >= 4 is 60.8 Å². The van der Waals surface area contributed by atoms with E-state index in [4.69, 9.17) is 0 Å². The van der Waals surface area contributed by atoms with Crippen LogP contribution in [0.1, 0.15) is 0 Å². The van der Waals surface area contributed by atoms with Gasteiger partial charge in [0, 0.05) is 0 Å². The molecule has 0 fully saturated rings. The van der Waals surface area contributed by atoms with Crippen LogP contribution in [0.15, 0.2) is 0 Å². The molecule has 0 aromatic heterocycles. The van der Waals surface area contributed by atoms with E-state index in [0.29, 0.717) is 0 Å². The number of hydrogen-bond donors (Lipinski definition) is 0. The summed E-state index contributed by atoms with van der Waals surface area (Å²) in [6.07, 6.45) is 0. The first-order valence-electron chi connectivity index (χ1n) is 0. The van der Waals surface area contributed by atoms with E-state index >= 15 is 0 Å². The average molecular weight is 180 g/mol. The summed E-state index contributed by atoms with van der Waals surface area (Å²) < 4.78 is 0. The Morgan fingerprint density at radius 3 is 1.00 bits per heavy atom. The Balaban J connectivity index is 0. The summed E-state index contributed by atoms with van der Waals surface area (Å²) >= 11 is 0. The van der Waals surface area contributed by atoms with Gasteiger partial charge in [0.1, 0.15) is 0 Å². The fraction of sp³-hybridized carbons (Fsp3) is 0. The molecular weight excluding hydrogens is 180 g/mol. The van der Waals surface area contributed by atoms with Crippen LogP contribution in [0.3, 0.4) is 0 Å². The summed E-state index contributed by atoms with van der Waals surface area (Å²) in [6, 6.07) is 0. The molecule has 0 heterocycles. The van der Waals surface area contributed by atoms with E-state index in [0.717, 1.165) is 0 Å². The molecule has 0 saturated carbocycles. The Morgan fingerprint density at radius 1 is 1.00 bits per heavy atom. The van der Waals surface area contributed by atoms with E-state index in [2.05, 4.69) is 0 Å². The molecule has 4 heavy (non-hydrogen) atoms. The van der Waals surface area contributed by atoms with Crippen LogP contribution in [0.4, 0.5) is 0 Å². The summed E-state index contributed by atoms with van der Waals surface area (Å²) in [4.78, 5) is 0. The molecule has 0 unspecified atom stereocenters. The van der Waals surface area contributed by atoms with Crippen molar-refractivity contribution in [1.82, 2.24) is 0 Å². The first kappa shape index (κ1) is 29.2. The largest absolute Gasteiger partial charge is 2.00 e. The fourth-order valence-electron chi connectivity index (χ4n) is 0. The van der Waals surface area contributed by atoms with Crippen LogP contribution in [0.5, 0.6) is 0 Å². The van der Waals surface area contributed by atoms with E-state index < -0.39 is 0 Å². The van der Waals surface area contributed by atoms with Gasteiger partial charge in [0.15, 0.2) is 0 Å². The van der Waals surface area contributed by atoms with Crippen LogP contribution in [0.25, 0.3) is 0 Å². The van der Waals surface area contributed by atoms with E-state index in [9.17, 15) is 0 Å². The van der Waals surface area contributed by atoms with Gasteiger partial charge in [0.2, 0.25) is 0 Å². The normalized spacial score (nSPS) is 0. The van der Waals surface area contributed by atoms with Crippen LogP contribution in [-0.4, -0.2) is 60.8 Å². The van der Waals surface area contributed by atoms with Crippen LogP contribution in [0, 0.1) is 0 Å². The van der Waals surface area contributed by atoms with Crippen LogP contribution < -0.4 is 29.4 Å². The van der Waals surface area contributed by atoms with Gasteiger partial charge in [0.05, 0.1) is 0 Å². The molecule has 0 nitrogen and oxygen atoms in total. The molecule has 4 heteroatoms. The Labute approximate surface area is 88.4 Å². The molecule has 0 bridgehead atoms. The van der Waals surface area contributed by atoms with Crippen molar-refractivity contribution in [1.29, 1.82) is 0 Å². The van der Waals surface area contributed by atoms with Crippen LogP contribution in [-0.2, 0) is 0 Å². The summed E-state index contributed by atoms with van der Waals surface area (Å²) in [5.74, 6) is 0. The number of hydrogen-bond acceptors (Lipinski definition) is 0. The molecule has 0 aliphatic carbocycles. The third kappa shape index (κ3) is 8.84. The van der Waals surface area contributed by atoms with E-state index in [1.807, 2.05) is 0 Å². The van der Waals surface area contributed by atoms with Crippen molar-refractivity contribution in [2.45, 2.75) is 0 Å². The maximum absolute atomic E-state index is 0. The van der Waals surface area contributed by atoms with Crippen LogP contribution >= 0.6 is 0 Å². The Kier molecular flexibility index (Phi) is 125. The van der Waals surface area contributed by atoms with E-state index in [1.165, 1.54) is 0 Å². The molecule has 0 aromatic rings. The minimum atomic E-state index is 0. The summed E-state index contributed by atoms with van der Waals surface area (Å²) in [5, 5.41) is 0. The second kappa shape index (κ2) is 17.1. The molecular formula is BrCaClMg+2. The third-order valence-electron chi connectivity index (χ3n) is 0. The molecule has 0 aliphatic rings. The van der Waals surface area contributed by atoms with Crippen LogP contribution in [0.2, 0.25) is 0 Å². The third-order valence-corrected chi connectivity index (χ3v) is 0. The zero-order chi connectivity index (χ0) is 0. The maximum atomic E-state index is 0. The Hall–Kier alpha value is 2.80. The van der Waals surface area contributed by atoms with Gasteiger partial charge in [-0.2, -0.15) is 0 Å². The van der Waals surface area contributed by atoms with Crippen molar-refractivity contribution < 1.29 is 29.4 Å². The molecule has 0 radical (unpaired) electrons. The van der Waals surface area contributed by atoms with Crippen molar-refractivity contribution in [2.75, 3.05) is 0 Å². The summed E-state index contributed by atoms with van der Waals surface area (Å²) in [7, 11) is 0. The SMILES string of the molecule is [Br-].[Ca+2].[Cl-].[Mg+2]. The monoisotopic (exact) mass is 178 g/mol. The molecule has 16 valence electrons. The van der Waals surface area contributed by atoms with Gasteiger partial charge in [-0.25, -0.2) is 0 Å². The topological polar surface area (TPSA) is 0 Å². The average Bonchev–Trinajstić information content (AvgIpc) is 0. The standard InChI is InChI=1S/BrH.Ca.ClH.Mg/h1H;;1H;/q;+2;;+2/p-2. The van der Waals surface area contributed by atoms with Gasteiger partial charge in [-0.15, -0.1) is 0 Å². The van der Waals surface area contributed by atoms with Gasteiger partial charge in [-0.3, -0.25) is 0 Å². The molecule has 0 N–H and O–H groups in total. The van der Waals surface area contributed by atoms with Gasteiger partial charge < -0.3 is 29.4 Å². The minimum absolute atomic E-state index is 0. The fourth-order valence-corrected chi connectivity index (χ4v) is 0. The molecule has 0 saturated heterocycles. The first-order valence-corrected chi connectivity index (χ1v) is 0. The van der Waals surface area contributed by atoms with Crippen molar-refractivity contribution in [2.24, 2.45) is 0 Å². The van der Waals surface area contributed by atoms with E-state index in [1.54, 1.807) is 0 Å². The molecule has 0 aliphatic heterocycles. The van der Waals surface area contributed by atoms with Crippen molar-refractivity contribution in [3.8, 4) is 0 Å². The first-order chi connectivity index (χ1) is 0. The molecule has 0 atom stereocenters. The van der Waals surface area contributed by atoms with Gasteiger partial charge in [-0.05, 0) is 0 Å². The zero-order valence-electron chi connectivity index (χ0n) is 2.17. The quantitative estimate of drug-likeness (QED) is 0.325. The predicted octanol–water partition coefficient (Wildman–Crippen LogP) is -6.75. The maximum Gasteiger partial charge on any atom is 2.00 e.